The minimum absolute atomic E-state index is 0.0245. The number of hydrogen-bond donors (Lipinski definition) is 3. The molecule has 1 atom stereocenters. The van der Waals surface area contributed by atoms with Crippen molar-refractivity contribution in [3.8, 4) is 5.75 Å². The number of benzene rings is 1. The first-order valence-corrected chi connectivity index (χ1v) is 11.3. The van der Waals surface area contributed by atoms with E-state index in [-0.39, 0.29) is 18.8 Å². The number of ether oxygens (including phenoxy) is 7. The predicted octanol–water partition coefficient (Wildman–Crippen LogP) is 1.12. The van der Waals surface area contributed by atoms with Gasteiger partial charge < -0.3 is 48.5 Å². The Morgan fingerprint density at radius 3 is 1.51 bits per heavy atom. The zero-order valence-corrected chi connectivity index (χ0v) is 20.5. The molecule has 3 N–H and O–H groups in total. The van der Waals surface area contributed by atoms with Crippen LogP contribution in [0.15, 0.2) is 42.5 Å². The van der Waals surface area contributed by atoms with Gasteiger partial charge in [-0.15, -0.1) is 0 Å². The molecule has 0 saturated carbocycles. The second kappa shape index (κ2) is 25.0. The van der Waals surface area contributed by atoms with Crippen molar-refractivity contribution >= 4 is 5.97 Å². The van der Waals surface area contributed by atoms with Crippen LogP contribution in [0.25, 0.3) is 0 Å². The third kappa shape index (κ3) is 24.8. The minimum Gasteiger partial charge on any atom is -0.478 e. The normalized spacial score (nSPS) is 11.4. The lowest BCUT2D eigenvalue weighted by Gasteiger charge is -2.13. The fourth-order valence-corrected chi connectivity index (χ4v) is 2.04. The number of para-hydroxylation sites is 1. The van der Waals surface area contributed by atoms with Crippen LogP contribution in [0.3, 0.4) is 0 Å². The standard InChI is InChI=1S/C20H34O9.C4H6O2/c21-6-7-23-8-9-24-10-11-25-12-13-26-14-15-27-16-17-28-18-20(22)29-19-4-2-1-3-5-19;1-3(2)4(5)6/h1-5,20-22H,6-18H2;1H2,2H3,(H,5,6). The van der Waals surface area contributed by atoms with Crippen LogP contribution < -0.4 is 4.74 Å². The smallest absolute Gasteiger partial charge is 0.330 e. The van der Waals surface area contributed by atoms with Gasteiger partial charge in [-0.2, -0.15) is 0 Å². The number of hydrogen-bond acceptors (Lipinski definition) is 10. The van der Waals surface area contributed by atoms with E-state index < -0.39 is 12.3 Å². The molecule has 0 aliphatic heterocycles. The van der Waals surface area contributed by atoms with Crippen LogP contribution in [0.5, 0.6) is 5.75 Å². The number of carboxylic acid groups (broad SMARTS) is 1. The van der Waals surface area contributed by atoms with Gasteiger partial charge >= 0.3 is 5.97 Å². The van der Waals surface area contributed by atoms with E-state index in [1.54, 1.807) is 12.1 Å². The molecule has 11 nitrogen and oxygen atoms in total. The van der Waals surface area contributed by atoms with Gasteiger partial charge in [-0.05, 0) is 19.1 Å². The number of aliphatic carboxylic acids is 1. The summed E-state index contributed by atoms with van der Waals surface area (Å²) in [5, 5.41) is 26.1. The van der Waals surface area contributed by atoms with Crippen molar-refractivity contribution in [3.05, 3.63) is 42.5 Å². The molecule has 0 aromatic heterocycles. The Morgan fingerprint density at radius 1 is 0.771 bits per heavy atom. The maximum Gasteiger partial charge on any atom is 0.330 e. The molecule has 0 bridgehead atoms. The van der Waals surface area contributed by atoms with E-state index in [4.69, 9.17) is 43.4 Å². The van der Waals surface area contributed by atoms with Gasteiger partial charge in [0, 0.05) is 5.57 Å². The Balaban J connectivity index is 0.00000170. The maximum atomic E-state index is 9.70. The van der Waals surface area contributed by atoms with E-state index in [0.29, 0.717) is 78.4 Å². The quantitative estimate of drug-likeness (QED) is 0.119. The predicted molar refractivity (Wildman–Crippen MR) is 128 cm³/mol. The highest BCUT2D eigenvalue weighted by molar-refractivity contribution is 5.84. The van der Waals surface area contributed by atoms with E-state index in [1.165, 1.54) is 6.92 Å². The van der Waals surface area contributed by atoms with Gasteiger partial charge in [-0.25, -0.2) is 4.79 Å². The highest BCUT2D eigenvalue weighted by atomic mass is 16.6. The van der Waals surface area contributed by atoms with Crippen LogP contribution >= 0.6 is 0 Å². The van der Waals surface area contributed by atoms with Crippen LogP contribution in [-0.4, -0.2) is 113 Å². The largest absolute Gasteiger partial charge is 0.478 e. The van der Waals surface area contributed by atoms with E-state index in [0.717, 1.165) is 0 Å². The van der Waals surface area contributed by atoms with Crippen LogP contribution in [-0.2, 0) is 33.2 Å². The summed E-state index contributed by atoms with van der Waals surface area (Å²) >= 11 is 0. The van der Waals surface area contributed by atoms with Gasteiger partial charge in [-0.3, -0.25) is 0 Å². The van der Waals surface area contributed by atoms with Crippen molar-refractivity contribution in [1.29, 1.82) is 0 Å². The molecule has 0 spiro atoms. The van der Waals surface area contributed by atoms with Crippen LogP contribution in [0, 0.1) is 0 Å². The Kier molecular flexibility index (Phi) is 23.5. The maximum absolute atomic E-state index is 9.70. The molecule has 0 radical (unpaired) electrons. The number of aliphatic hydroxyl groups is 2. The lowest BCUT2D eigenvalue weighted by molar-refractivity contribution is -0.132. The van der Waals surface area contributed by atoms with E-state index in [1.807, 2.05) is 18.2 Å². The third-order valence-electron chi connectivity index (χ3n) is 3.74. The number of aliphatic hydroxyl groups excluding tert-OH is 2. The first-order chi connectivity index (χ1) is 17.0. The van der Waals surface area contributed by atoms with Crippen molar-refractivity contribution in [3.63, 3.8) is 0 Å². The summed E-state index contributed by atoms with van der Waals surface area (Å²) in [4.78, 5) is 9.60. The topological polar surface area (TPSA) is 142 Å². The van der Waals surface area contributed by atoms with Gasteiger partial charge in [0.2, 0.25) is 6.29 Å². The highest BCUT2D eigenvalue weighted by Gasteiger charge is 2.05. The SMILES string of the molecule is C=C(C)C(=O)O.OCCOCCOCCOCCOCCOCCOCC(O)Oc1ccccc1. The summed E-state index contributed by atoms with van der Waals surface area (Å²) in [5.41, 5.74) is 0.176. The molecule has 11 heteroatoms. The van der Waals surface area contributed by atoms with Crippen molar-refractivity contribution in [1.82, 2.24) is 0 Å². The van der Waals surface area contributed by atoms with Gasteiger partial charge in [-0.1, -0.05) is 24.8 Å². The first kappa shape index (κ1) is 32.9. The number of carbonyl (C=O) groups is 1. The lowest BCUT2D eigenvalue weighted by Crippen LogP contribution is -2.23. The van der Waals surface area contributed by atoms with Crippen molar-refractivity contribution in [2.24, 2.45) is 0 Å². The summed E-state index contributed by atoms with van der Waals surface area (Å²) in [5.74, 6) is -0.340. The van der Waals surface area contributed by atoms with Crippen molar-refractivity contribution < 1.29 is 53.3 Å². The average Bonchev–Trinajstić information content (AvgIpc) is 2.84. The van der Waals surface area contributed by atoms with E-state index in [2.05, 4.69) is 6.58 Å². The van der Waals surface area contributed by atoms with Crippen LogP contribution in [0.1, 0.15) is 6.92 Å². The number of rotatable bonds is 22. The van der Waals surface area contributed by atoms with E-state index in [9.17, 15) is 9.90 Å². The van der Waals surface area contributed by atoms with Crippen LogP contribution in [0.2, 0.25) is 0 Å². The van der Waals surface area contributed by atoms with E-state index >= 15 is 0 Å². The van der Waals surface area contributed by atoms with Gasteiger partial charge in [0.15, 0.2) is 0 Å². The Morgan fingerprint density at radius 2 is 1.14 bits per heavy atom. The molecule has 202 valence electrons. The summed E-state index contributed by atoms with van der Waals surface area (Å²) in [6, 6.07) is 9.07. The molecule has 0 aliphatic carbocycles. The van der Waals surface area contributed by atoms with Crippen molar-refractivity contribution in [2.75, 3.05) is 85.9 Å². The molecule has 0 fully saturated rings. The molecule has 1 aromatic carbocycles. The second-order valence-corrected chi connectivity index (χ2v) is 6.83. The molecular formula is C24H40O11. The third-order valence-corrected chi connectivity index (χ3v) is 3.74. The Labute approximate surface area is 207 Å². The molecule has 35 heavy (non-hydrogen) atoms. The minimum atomic E-state index is -1.01. The Hall–Kier alpha value is -2.09. The molecule has 0 amide bonds. The Bertz CT molecular complexity index is 601. The van der Waals surface area contributed by atoms with Gasteiger partial charge in [0.05, 0.1) is 79.3 Å². The average molecular weight is 505 g/mol. The molecule has 1 rings (SSSR count). The fourth-order valence-electron chi connectivity index (χ4n) is 2.04. The molecule has 0 saturated heterocycles. The molecule has 1 unspecified atom stereocenters. The van der Waals surface area contributed by atoms with Crippen LogP contribution in [0.4, 0.5) is 0 Å². The molecule has 1 aromatic rings. The zero-order chi connectivity index (χ0) is 26.0. The van der Waals surface area contributed by atoms with Crippen molar-refractivity contribution in [2.45, 2.75) is 13.2 Å². The highest BCUT2D eigenvalue weighted by Crippen LogP contribution is 2.09. The molecule has 0 heterocycles. The summed E-state index contributed by atoms with van der Waals surface area (Å²) < 4.78 is 37.0. The van der Waals surface area contributed by atoms with Gasteiger partial charge in [0.25, 0.3) is 0 Å². The summed E-state index contributed by atoms with van der Waals surface area (Å²) in [6.45, 7) is 9.68. The first-order valence-electron chi connectivity index (χ1n) is 11.3. The fraction of sp³-hybridized carbons (Fsp3) is 0.625. The molecule has 0 aliphatic rings. The van der Waals surface area contributed by atoms with Gasteiger partial charge in [0.1, 0.15) is 12.4 Å². The zero-order valence-electron chi connectivity index (χ0n) is 20.5. The lowest BCUT2D eigenvalue weighted by atomic mass is 10.3. The monoisotopic (exact) mass is 504 g/mol. The number of carboxylic acids is 1. The summed E-state index contributed by atoms with van der Waals surface area (Å²) in [7, 11) is 0. The summed E-state index contributed by atoms with van der Waals surface area (Å²) in [6.07, 6.45) is -1.01. The molecular weight excluding hydrogens is 464 g/mol. The second-order valence-electron chi connectivity index (χ2n) is 6.83.